The second kappa shape index (κ2) is 5.47. The summed E-state index contributed by atoms with van der Waals surface area (Å²) in [6.07, 6.45) is 0. The van der Waals surface area contributed by atoms with Gasteiger partial charge in [-0.25, -0.2) is 0 Å². The molecule has 0 saturated carbocycles. The lowest BCUT2D eigenvalue weighted by molar-refractivity contribution is 0.475. The molecular weight excluding hydrogens is 280 g/mol. The Morgan fingerprint density at radius 1 is 1.26 bits per heavy atom. The molecular formula is C14H13ClN2OS. The molecule has 5 heteroatoms. The van der Waals surface area contributed by atoms with Gasteiger partial charge in [-0.05, 0) is 24.3 Å². The smallest absolute Gasteiger partial charge is 0.117 e. The first kappa shape index (κ1) is 13.6. The summed E-state index contributed by atoms with van der Waals surface area (Å²) in [5, 5.41) is 10.0. The number of benzene rings is 2. The van der Waals surface area contributed by atoms with E-state index in [1.807, 2.05) is 30.1 Å². The maximum atomic E-state index is 9.54. The Balaban J connectivity index is 2.53. The van der Waals surface area contributed by atoms with Crippen LogP contribution in [-0.2, 0) is 0 Å². The summed E-state index contributed by atoms with van der Waals surface area (Å²) in [5.41, 5.74) is 7.98. The third-order valence-corrected chi connectivity index (χ3v) is 3.34. The summed E-state index contributed by atoms with van der Waals surface area (Å²) < 4.78 is 0. The van der Waals surface area contributed by atoms with Gasteiger partial charge in [0.05, 0.1) is 16.3 Å². The number of anilines is 2. The predicted molar refractivity (Wildman–Crippen MR) is 83.5 cm³/mol. The average molecular weight is 293 g/mol. The van der Waals surface area contributed by atoms with E-state index < -0.39 is 0 Å². The molecule has 98 valence electrons. The lowest BCUT2D eigenvalue weighted by Gasteiger charge is -2.23. The van der Waals surface area contributed by atoms with Crippen molar-refractivity contribution in [2.75, 3.05) is 11.9 Å². The topological polar surface area (TPSA) is 49.5 Å². The second-order valence-electron chi connectivity index (χ2n) is 4.08. The summed E-state index contributed by atoms with van der Waals surface area (Å²) in [6.45, 7) is 0. The van der Waals surface area contributed by atoms with E-state index in [1.165, 1.54) is 0 Å². The Bertz CT molecular complexity index is 631. The molecule has 2 aromatic carbocycles. The Hall–Kier alpha value is -1.78. The molecule has 0 saturated heterocycles. The molecule has 0 bridgehead atoms. The molecule has 0 unspecified atom stereocenters. The van der Waals surface area contributed by atoms with Gasteiger partial charge in [-0.1, -0.05) is 36.0 Å². The Morgan fingerprint density at radius 3 is 2.58 bits per heavy atom. The molecule has 0 atom stereocenters. The number of phenols is 1. The van der Waals surface area contributed by atoms with Crippen molar-refractivity contribution in [2.45, 2.75) is 0 Å². The first-order valence-corrected chi connectivity index (χ1v) is 6.40. The second-order valence-corrected chi connectivity index (χ2v) is 4.92. The van der Waals surface area contributed by atoms with Crippen LogP contribution in [0.2, 0.25) is 5.02 Å². The van der Waals surface area contributed by atoms with Crippen LogP contribution in [0.1, 0.15) is 5.56 Å². The maximum Gasteiger partial charge on any atom is 0.117 e. The summed E-state index contributed by atoms with van der Waals surface area (Å²) in [5.74, 6) is 0.197. The lowest BCUT2D eigenvalue weighted by Crippen LogP contribution is -2.18. The van der Waals surface area contributed by atoms with E-state index >= 15 is 0 Å². The minimum atomic E-state index is 0.197. The number of thiocarbonyl (C=S) groups is 1. The van der Waals surface area contributed by atoms with Crippen LogP contribution in [0.3, 0.4) is 0 Å². The van der Waals surface area contributed by atoms with Crippen LogP contribution >= 0.6 is 23.8 Å². The van der Waals surface area contributed by atoms with Crippen LogP contribution in [0.25, 0.3) is 0 Å². The number of rotatable bonds is 3. The van der Waals surface area contributed by atoms with Gasteiger partial charge >= 0.3 is 0 Å². The molecule has 0 aromatic heterocycles. The van der Waals surface area contributed by atoms with E-state index in [-0.39, 0.29) is 10.7 Å². The van der Waals surface area contributed by atoms with Crippen LogP contribution in [0, 0.1) is 0 Å². The standard InChI is InChI=1S/C14H13ClN2OS/c1-17(9-4-2-5-10(18)8-9)12-7-3-6-11(15)13(12)14(16)19/h2-8,18H,1H3,(H2,16,19). The summed E-state index contributed by atoms with van der Waals surface area (Å²) >= 11 is 11.2. The van der Waals surface area contributed by atoms with Crippen LogP contribution in [0.15, 0.2) is 42.5 Å². The largest absolute Gasteiger partial charge is 0.508 e. The molecule has 0 amide bonds. The number of nitrogens with two attached hydrogens (primary N) is 1. The van der Waals surface area contributed by atoms with Crippen molar-refractivity contribution in [3.8, 4) is 5.75 Å². The SMILES string of the molecule is CN(c1cccc(O)c1)c1cccc(Cl)c1C(N)=S. The zero-order chi connectivity index (χ0) is 14.0. The monoisotopic (exact) mass is 292 g/mol. The number of phenolic OH excluding ortho intramolecular Hbond substituents is 1. The van der Waals surface area contributed by atoms with Crippen LogP contribution < -0.4 is 10.6 Å². The van der Waals surface area contributed by atoms with Crippen molar-refractivity contribution in [1.29, 1.82) is 0 Å². The van der Waals surface area contributed by atoms with Gasteiger partial charge in [0.1, 0.15) is 10.7 Å². The van der Waals surface area contributed by atoms with Gasteiger partial charge in [0.15, 0.2) is 0 Å². The number of nitrogens with zero attached hydrogens (tertiary/aromatic N) is 1. The zero-order valence-corrected chi connectivity index (χ0v) is 11.9. The van der Waals surface area contributed by atoms with E-state index in [9.17, 15) is 5.11 Å². The lowest BCUT2D eigenvalue weighted by atomic mass is 10.1. The highest BCUT2D eigenvalue weighted by Crippen LogP contribution is 2.32. The minimum absolute atomic E-state index is 0.197. The van der Waals surface area contributed by atoms with Gasteiger partial charge in [0, 0.05) is 18.8 Å². The van der Waals surface area contributed by atoms with Crippen molar-refractivity contribution in [2.24, 2.45) is 5.73 Å². The number of hydrogen-bond acceptors (Lipinski definition) is 3. The van der Waals surface area contributed by atoms with Gasteiger partial charge in [-0.15, -0.1) is 0 Å². The molecule has 19 heavy (non-hydrogen) atoms. The van der Waals surface area contributed by atoms with Crippen LogP contribution in [0.5, 0.6) is 5.75 Å². The normalized spacial score (nSPS) is 10.2. The Labute approximate surface area is 122 Å². The van der Waals surface area contributed by atoms with Gasteiger partial charge in [0.2, 0.25) is 0 Å². The molecule has 0 aliphatic carbocycles. The number of halogens is 1. The van der Waals surface area contributed by atoms with Crippen molar-refractivity contribution in [3.05, 3.63) is 53.1 Å². The summed E-state index contributed by atoms with van der Waals surface area (Å²) in [6, 6.07) is 12.4. The molecule has 0 aliphatic heterocycles. The van der Waals surface area contributed by atoms with Crippen molar-refractivity contribution >= 4 is 40.2 Å². The highest BCUT2D eigenvalue weighted by atomic mass is 35.5. The molecule has 2 rings (SSSR count). The average Bonchev–Trinajstić information content (AvgIpc) is 2.37. The first-order chi connectivity index (χ1) is 9.00. The third-order valence-electron chi connectivity index (χ3n) is 2.82. The summed E-state index contributed by atoms with van der Waals surface area (Å²) in [7, 11) is 1.86. The van der Waals surface area contributed by atoms with E-state index in [1.54, 1.807) is 24.3 Å². The number of hydrogen-bond donors (Lipinski definition) is 2. The van der Waals surface area contributed by atoms with E-state index in [2.05, 4.69) is 0 Å². The highest BCUT2D eigenvalue weighted by Gasteiger charge is 2.14. The molecule has 0 heterocycles. The molecule has 2 aromatic rings. The van der Waals surface area contributed by atoms with Crippen LogP contribution in [-0.4, -0.2) is 17.1 Å². The molecule has 3 N–H and O–H groups in total. The van der Waals surface area contributed by atoms with Crippen molar-refractivity contribution < 1.29 is 5.11 Å². The molecule has 0 spiro atoms. The van der Waals surface area contributed by atoms with E-state index in [0.29, 0.717) is 10.6 Å². The zero-order valence-electron chi connectivity index (χ0n) is 10.3. The molecule has 0 fully saturated rings. The molecule has 0 aliphatic rings. The summed E-state index contributed by atoms with van der Waals surface area (Å²) in [4.78, 5) is 2.12. The van der Waals surface area contributed by atoms with Crippen LogP contribution in [0.4, 0.5) is 11.4 Å². The van der Waals surface area contributed by atoms with Gasteiger partial charge in [-0.2, -0.15) is 0 Å². The molecule has 0 radical (unpaired) electrons. The molecule has 3 nitrogen and oxygen atoms in total. The predicted octanol–water partition coefficient (Wildman–Crippen LogP) is 3.45. The number of aromatic hydroxyl groups is 1. The van der Waals surface area contributed by atoms with E-state index in [0.717, 1.165) is 11.4 Å². The van der Waals surface area contributed by atoms with Crippen molar-refractivity contribution in [3.63, 3.8) is 0 Å². The maximum absolute atomic E-state index is 9.54. The first-order valence-electron chi connectivity index (χ1n) is 5.62. The quantitative estimate of drug-likeness (QED) is 0.851. The highest BCUT2D eigenvalue weighted by molar-refractivity contribution is 7.80. The fourth-order valence-electron chi connectivity index (χ4n) is 1.88. The minimum Gasteiger partial charge on any atom is -0.508 e. The Morgan fingerprint density at radius 2 is 1.95 bits per heavy atom. The fraction of sp³-hybridized carbons (Fsp3) is 0.0714. The van der Waals surface area contributed by atoms with Crippen molar-refractivity contribution in [1.82, 2.24) is 0 Å². The Kier molecular flexibility index (Phi) is 3.93. The van der Waals surface area contributed by atoms with Gasteiger partial charge in [0.25, 0.3) is 0 Å². The van der Waals surface area contributed by atoms with Gasteiger partial charge in [-0.3, -0.25) is 0 Å². The van der Waals surface area contributed by atoms with Gasteiger partial charge < -0.3 is 15.7 Å². The fourth-order valence-corrected chi connectivity index (χ4v) is 2.42. The van der Waals surface area contributed by atoms with E-state index in [4.69, 9.17) is 29.6 Å². The third kappa shape index (κ3) is 2.80.